The van der Waals surface area contributed by atoms with Crippen LogP contribution in [0.5, 0.6) is 5.75 Å². The van der Waals surface area contributed by atoms with Crippen LogP contribution >= 0.6 is 0 Å². The number of rotatable bonds is 6. The van der Waals surface area contributed by atoms with Crippen molar-refractivity contribution in [2.75, 3.05) is 27.2 Å². The Kier molecular flexibility index (Phi) is 5.07. The van der Waals surface area contributed by atoms with Gasteiger partial charge < -0.3 is 19.1 Å². The number of likely N-dealkylation sites (N-methyl/N-ethyl adjacent to an activating group) is 2. The highest BCUT2D eigenvalue weighted by molar-refractivity contribution is 5.92. The van der Waals surface area contributed by atoms with Crippen molar-refractivity contribution >= 4 is 5.91 Å². The predicted octanol–water partition coefficient (Wildman–Crippen LogP) is 1.61. The second-order valence-electron chi connectivity index (χ2n) is 6.92. The first-order chi connectivity index (χ1) is 13.6. The number of amides is 1. The molecule has 1 saturated heterocycles. The number of carbonyl (C=O) groups is 1. The molecule has 4 rings (SSSR count). The highest BCUT2D eigenvalue weighted by Gasteiger charge is 2.28. The second-order valence-corrected chi connectivity index (χ2v) is 6.92. The van der Waals surface area contributed by atoms with Crippen LogP contribution in [0.2, 0.25) is 0 Å². The maximum Gasteiger partial charge on any atom is 0.276 e. The zero-order valence-electron chi connectivity index (χ0n) is 15.9. The second kappa shape index (κ2) is 7.81. The molecule has 1 fully saturated rings. The molecule has 9 heteroatoms. The summed E-state index contributed by atoms with van der Waals surface area (Å²) in [5.74, 6) is 1.05. The summed E-state index contributed by atoms with van der Waals surface area (Å²) in [5, 5.41) is 7.99. The minimum absolute atomic E-state index is 0.132. The van der Waals surface area contributed by atoms with Crippen LogP contribution in [-0.4, -0.2) is 68.9 Å². The molecular formula is C19H22N6O3. The van der Waals surface area contributed by atoms with Crippen molar-refractivity contribution in [1.82, 2.24) is 29.7 Å². The molecule has 1 atom stereocenters. The number of nitrogens with zero attached hydrogens (tertiary/aromatic N) is 6. The normalized spacial score (nSPS) is 17.0. The van der Waals surface area contributed by atoms with Gasteiger partial charge in [0, 0.05) is 25.7 Å². The molecule has 0 saturated carbocycles. The lowest BCUT2D eigenvalue weighted by Crippen LogP contribution is -2.38. The minimum atomic E-state index is -0.132. The fraction of sp³-hybridized carbons (Fsp3) is 0.368. The number of ether oxygens (including phenoxy) is 1. The Morgan fingerprint density at radius 3 is 2.86 bits per heavy atom. The summed E-state index contributed by atoms with van der Waals surface area (Å²) in [6, 6.07) is 9.28. The monoisotopic (exact) mass is 382 g/mol. The Morgan fingerprint density at radius 2 is 2.18 bits per heavy atom. The molecule has 1 amide bonds. The van der Waals surface area contributed by atoms with E-state index in [9.17, 15) is 4.79 Å². The van der Waals surface area contributed by atoms with E-state index in [4.69, 9.17) is 9.26 Å². The molecule has 0 spiro atoms. The quantitative estimate of drug-likeness (QED) is 0.640. The molecule has 1 aliphatic heterocycles. The van der Waals surface area contributed by atoms with Gasteiger partial charge in [-0.3, -0.25) is 4.79 Å². The van der Waals surface area contributed by atoms with E-state index in [1.54, 1.807) is 22.0 Å². The molecular weight excluding hydrogens is 360 g/mol. The molecule has 28 heavy (non-hydrogen) atoms. The maximum atomic E-state index is 12.6. The van der Waals surface area contributed by atoms with Gasteiger partial charge >= 0.3 is 0 Å². The number of hydrogen-bond donors (Lipinski definition) is 0. The lowest BCUT2D eigenvalue weighted by atomic mass is 10.2. The number of carbonyl (C=O) groups excluding carboxylic acids is 1. The van der Waals surface area contributed by atoms with Crippen molar-refractivity contribution in [3.63, 3.8) is 0 Å². The standard InChI is InChI=1S/C19H22N6O3/c1-23-8-7-15(10-23)24(2)19(26)18-9-17(28-22-18)11-27-16-5-3-14(4-6-16)25-13-20-12-21-25/h3-6,9,12-13,15H,7-8,10-11H2,1-2H3/t15-/m1/s1. The van der Waals surface area contributed by atoms with Gasteiger partial charge in [0.05, 0.1) is 5.69 Å². The number of aromatic nitrogens is 4. The van der Waals surface area contributed by atoms with Crippen LogP contribution in [0.3, 0.4) is 0 Å². The molecule has 1 aliphatic rings. The molecule has 2 aromatic heterocycles. The summed E-state index contributed by atoms with van der Waals surface area (Å²) in [6.07, 6.45) is 4.08. The topological polar surface area (TPSA) is 89.5 Å². The van der Waals surface area contributed by atoms with Crippen molar-refractivity contribution in [3.05, 3.63) is 54.4 Å². The van der Waals surface area contributed by atoms with Gasteiger partial charge in [0.15, 0.2) is 11.5 Å². The molecule has 0 radical (unpaired) electrons. The Morgan fingerprint density at radius 1 is 1.36 bits per heavy atom. The van der Waals surface area contributed by atoms with Crippen LogP contribution in [0.1, 0.15) is 22.7 Å². The van der Waals surface area contributed by atoms with Crippen molar-refractivity contribution in [2.24, 2.45) is 0 Å². The average molecular weight is 382 g/mol. The average Bonchev–Trinajstić information content (AvgIpc) is 3.47. The van der Waals surface area contributed by atoms with Gasteiger partial charge in [0.1, 0.15) is 25.0 Å². The molecule has 0 aliphatic carbocycles. The van der Waals surface area contributed by atoms with E-state index in [1.165, 1.54) is 6.33 Å². The third-order valence-corrected chi connectivity index (χ3v) is 4.91. The predicted molar refractivity (Wildman–Crippen MR) is 100 cm³/mol. The molecule has 3 aromatic rings. The summed E-state index contributed by atoms with van der Waals surface area (Å²) >= 11 is 0. The third-order valence-electron chi connectivity index (χ3n) is 4.91. The molecule has 1 aromatic carbocycles. The molecule has 146 valence electrons. The van der Waals surface area contributed by atoms with Gasteiger partial charge in [0.2, 0.25) is 0 Å². The van der Waals surface area contributed by atoms with Crippen LogP contribution in [0.4, 0.5) is 0 Å². The van der Waals surface area contributed by atoms with E-state index in [1.807, 2.05) is 31.3 Å². The summed E-state index contributed by atoms with van der Waals surface area (Å²) in [7, 11) is 3.87. The van der Waals surface area contributed by atoms with Gasteiger partial charge in [-0.2, -0.15) is 5.10 Å². The minimum Gasteiger partial charge on any atom is -0.486 e. The van der Waals surface area contributed by atoms with Crippen LogP contribution in [0, 0.1) is 0 Å². The third kappa shape index (κ3) is 3.89. The van der Waals surface area contributed by atoms with Crippen LogP contribution in [-0.2, 0) is 6.61 Å². The largest absolute Gasteiger partial charge is 0.486 e. The van der Waals surface area contributed by atoms with Gasteiger partial charge in [-0.15, -0.1) is 0 Å². The molecule has 0 bridgehead atoms. The van der Waals surface area contributed by atoms with E-state index in [-0.39, 0.29) is 18.6 Å². The summed E-state index contributed by atoms with van der Waals surface area (Å²) in [4.78, 5) is 20.5. The van der Waals surface area contributed by atoms with E-state index < -0.39 is 0 Å². The Hall–Kier alpha value is -3.20. The SMILES string of the molecule is CN1CC[C@@H](N(C)C(=O)c2cc(COc3ccc(-n4cncn4)cc3)on2)C1. The van der Waals surface area contributed by atoms with E-state index >= 15 is 0 Å². The highest BCUT2D eigenvalue weighted by Crippen LogP contribution is 2.18. The van der Waals surface area contributed by atoms with Crippen LogP contribution in [0.25, 0.3) is 5.69 Å². The summed E-state index contributed by atoms with van der Waals surface area (Å²) in [6.45, 7) is 2.06. The first-order valence-corrected chi connectivity index (χ1v) is 9.09. The molecule has 0 unspecified atom stereocenters. The smallest absolute Gasteiger partial charge is 0.276 e. The summed E-state index contributed by atoms with van der Waals surface area (Å²) < 4.78 is 12.7. The highest BCUT2D eigenvalue weighted by atomic mass is 16.5. The molecule has 9 nitrogen and oxygen atoms in total. The van der Waals surface area contributed by atoms with E-state index in [0.29, 0.717) is 17.2 Å². The van der Waals surface area contributed by atoms with E-state index in [2.05, 4.69) is 27.2 Å². The molecule has 3 heterocycles. The van der Waals surface area contributed by atoms with E-state index in [0.717, 1.165) is 25.2 Å². The zero-order chi connectivity index (χ0) is 19.5. The number of benzene rings is 1. The van der Waals surface area contributed by atoms with Crippen LogP contribution < -0.4 is 4.74 Å². The van der Waals surface area contributed by atoms with Crippen molar-refractivity contribution in [2.45, 2.75) is 19.1 Å². The van der Waals surface area contributed by atoms with Gasteiger partial charge in [0.25, 0.3) is 5.91 Å². The van der Waals surface area contributed by atoms with Crippen molar-refractivity contribution in [1.29, 1.82) is 0 Å². The Bertz CT molecular complexity index is 922. The fourth-order valence-corrected chi connectivity index (χ4v) is 3.25. The Balaban J connectivity index is 1.34. The first kappa shape index (κ1) is 18.2. The lowest BCUT2D eigenvalue weighted by Gasteiger charge is -2.23. The lowest BCUT2D eigenvalue weighted by molar-refractivity contribution is 0.0727. The summed E-state index contributed by atoms with van der Waals surface area (Å²) in [5.41, 5.74) is 1.19. The molecule has 0 N–H and O–H groups in total. The fourth-order valence-electron chi connectivity index (χ4n) is 3.25. The maximum absolute atomic E-state index is 12.6. The van der Waals surface area contributed by atoms with Crippen LogP contribution in [0.15, 0.2) is 47.5 Å². The Labute approximate surface area is 162 Å². The first-order valence-electron chi connectivity index (χ1n) is 9.09. The van der Waals surface area contributed by atoms with Crippen molar-refractivity contribution < 1.29 is 14.1 Å². The van der Waals surface area contributed by atoms with Crippen molar-refractivity contribution in [3.8, 4) is 11.4 Å². The van der Waals surface area contributed by atoms with Gasteiger partial charge in [-0.1, -0.05) is 5.16 Å². The number of likely N-dealkylation sites (tertiary alicyclic amines) is 1. The van der Waals surface area contributed by atoms with Gasteiger partial charge in [-0.05, 0) is 44.3 Å². The number of hydrogen-bond acceptors (Lipinski definition) is 7. The van der Waals surface area contributed by atoms with Gasteiger partial charge in [-0.25, -0.2) is 9.67 Å². The zero-order valence-corrected chi connectivity index (χ0v) is 15.9.